The maximum Gasteiger partial charge on any atom is -0.0383 e. The molecule has 0 N–H and O–H groups in total. The molecule has 0 heteroatoms. The Balaban J connectivity index is 1.55. The first kappa shape index (κ1) is 10.2. The molecule has 0 aromatic heterocycles. The molecule has 2 atom stereocenters. The molecule has 0 radical (unpaired) electrons. The van der Waals surface area contributed by atoms with Crippen molar-refractivity contribution in [1.29, 1.82) is 0 Å². The van der Waals surface area contributed by atoms with Gasteiger partial charge in [0.1, 0.15) is 0 Å². The van der Waals surface area contributed by atoms with Gasteiger partial charge in [0.25, 0.3) is 0 Å². The molecule has 3 aliphatic rings. The zero-order valence-corrected chi connectivity index (χ0v) is 10.1. The summed E-state index contributed by atoms with van der Waals surface area (Å²) in [6.45, 7) is 0. The molecular weight excluding hydrogens is 180 g/mol. The van der Waals surface area contributed by atoms with Crippen LogP contribution in [0.1, 0.15) is 70.6 Å². The molecule has 3 aliphatic carbocycles. The average Bonchev–Trinajstić information content (AvgIpc) is 3.14. The lowest BCUT2D eigenvalue weighted by Crippen LogP contribution is -2.25. The zero-order valence-electron chi connectivity index (χ0n) is 10.1. The van der Waals surface area contributed by atoms with E-state index < -0.39 is 0 Å². The highest BCUT2D eigenvalue weighted by molar-refractivity contribution is 4.88. The Morgan fingerprint density at radius 3 is 1.53 bits per heavy atom. The van der Waals surface area contributed by atoms with Gasteiger partial charge in [-0.25, -0.2) is 0 Å². The first-order valence-corrected chi connectivity index (χ1v) is 7.43. The van der Waals surface area contributed by atoms with Gasteiger partial charge in [-0.2, -0.15) is 0 Å². The van der Waals surface area contributed by atoms with Gasteiger partial charge < -0.3 is 0 Å². The van der Waals surface area contributed by atoms with Gasteiger partial charge in [0.2, 0.25) is 0 Å². The van der Waals surface area contributed by atoms with Crippen molar-refractivity contribution in [3.8, 4) is 0 Å². The Morgan fingerprint density at radius 2 is 0.933 bits per heavy atom. The predicted molar refractivity (Wildman–Crippen MR) is 64.7 cm³/mol. The summed E-state index contributed by atoms with van der Waals surface area (Å²) in [7, 11) is 0. The predicted octanol–water partition coefficient (Wildman–Crippen LogP) is 4.78. The molecule has 3 fully saturated rings. The lowest BCUT2D eigenvalue weighted by molar-refractivity contribution is 0.149. The minimum atomic E-state index is 1.14. The van der Waals surface area contributed by atoms with Crippen LogP contribution in [0.25, 0.3) is 0 Å². The Hall–Kier alpha value is 0. The van der Waals surface area contributed by atoms with E-state index in [0.29, 0.717) is 0 Å². The smallest absolute Gasteiger partial charge is 0.0383 e. The van der Waals surface area contributed by atoms with E-state index >= 15 is 0 Å². The molecule has 2 unspecified atom stereocenters. The van der Waals surface area contributed by atoms with Crippen LogP contribution in [0.3, 0.4) is 0 Å². The summed E-state index contributed by atoms with van der Waals surface area (Å²) in [6.07, 6.45) is 17.2. The van der Waals surface area contributed by atoms with E-state index in [1.807, 2.05) is 0 Å². The molecule has 15 heavy (non-hydrogen) atoms. The van der Waals surface area contributed by atoms with E-state index in [0.717, 1.165) is 17.8 Å². The summed E-state index contributed by atoms with van der Waals surface area (Å²) in [6, 6.07) is 0. The standard InChI is InChI=1S/C15H26/c1-2-5-12(6-3-1)14-7-4-8-15(11-14)13-9-10-13/h12-15H,1-11H2. The zero-order chi connectivity index (χ0) is 10.1. The van der Waals surface area contributed by atoms with Crippen LogP contribution in [0.5, 0.6) is 0 Å². The van der Waals surface area contributed by atoms with Gasteiger partial charge in [-0.1, -0.05) is 51.4 Å². The van der Waals surface area contributed by atoms with Gasteiger partial charge in [-0.15, -0.1) is 0 Å². The number of rotatable bonds is 2. The van der Waals surface area contributed by atoms with E-state index in [1.165, 1.54) is 25.2 Å². The van der Waals surface area contributed by atoms with Crippen molar-refractivity contribution in [1.82, 2.24) is 0 Å². The molecular formula is C15H26. The summed E-state index contributed by atoms with van der Waals surface area (Å²) >= 11 is 0. The van der Waals surface area contributed by atoms with Crippen LogP contribution < -0.4 is 0 Å². The number of hydrogen-bond acceptors (Lipinski definition) is 0. The lowest BCUT2D eigenvalue weighted by atomic mass is 9.69. The van der Waals surface area contributed by atoms with Crippen LogP contribution in [0.4, 0.5) is 0 Å². The van der Waals surface area contributed by atoms with Crippen LogP contribution in [0.2, 0.25) is 0 Å². The van der Waals surface area contributed by atoms with Gasteiger partial charge in [0.15, 0.2) is 0 Å². The number of hydrogen-bond donors (Lipinski definition) is 0. The summed E-state index contributed by atoms with van der Waals surface area (Å²) in [5, 5.41) is 0. The fourth-order valence-corrected chi connectivity index (χ4v) is 4.30. The third-order valence-electron chi connectivity index (χ3n) is 5.36. The van der Waals surface area contributed by atoms with Crippen LogP contribution >= 0.6 is 0 Å². The highest BCUT2D eigenvalue weighted by atomic mass is 14.4. The maximum absolute atomic E-state index is 1.62. The Bertz CT molecular complexity index is 198. The minimum absolute atomic E-state index is 1.14. The Kier molecular flexibility index (Phi) is 3.03. The van der Waals surface area contributed by atoms with Crippen molar-refractivity contribution in [3.63, 3.8) is 0 Å². The summed E-state index contributed by atoms with van der Waals surface area (Å²) in [5.74, 6) is 4.62. The van der Waals surface area contributed by atoms with E-state index in [-0.39, 0.29) is 0 Å². The third kappa shape index (κ3) is 2.40. The van der Waals surface area contributed by atoms with Crippen LogP contribution in [-0.4, -0.2) is 0 Å². The molecule has 0 bridgehead atoms. The molecule has 0 saturated heterocycles. The van der Waals surface area contributed by atoms with E-state index in [9.17, 15) is 0 Å². The second kappa shape index (κ2) is 4.47. The van der Waals surface area contributed by atoms with Gasteiger partial charge in [0.05, 0.1) is 0 Å². The first-order valence-electron chi connectivity index (χ1n) is 7.43. The highest BCUT2D eigenvalue weighted by Gasteiger charge is 2.36. The second-order valence-electron chi connectivity index (χ2n) is 6.42. The average molecular weight is 206 g/mol. The van der Waals surface area contributed by atoms with Gasteiger partial charge in [-0.05, 0) is 42.9 Å². The van der Waals surface area contributed by atoms with E-state index in [2.05, 4.69) is 0 Å². The molecule has 86 valence electrons. The molecule has 0 spiro atoms. The van der Waals surface area contributed by atoms with Crippen LogP contribution in [0.15, 0.2) is 0 Å². The maximum atomic E-state index is 1.62. The SMILES string of the molecule is C1CCC(C2CCCC(C3CC3)C2)CC1. The molecule has 3 saturated carbocycles. The fourth-order valence-electron chi connectivity index (χ4n) is 4.30. The minimum Gasteiger partial charge on any atom is -0.0533 e. The normalized spacial score (nSPS) is 39.2. The second-order valence-corrected chi connectivity index (χ2v) is 6.42. The van der Waals surface area contributed by atoms with Crippen molar-refractivity contribution >= 4 is 0 Å². The van der Waals surface area contributed by atoms with Crippen molar-refractivity contribution in [2.24, 2.45) is 23.7 Å². The Morgan fingerprint density at radius 1 is 0.400 bits per heavy atom. The Labute approximate surface area is 94.8 Å². The van der Waals surface area contributed by atoms with Crippen LogP contribution in [-0.2, 0) is 0 Å². The summed E-state index contributed by atoms with van der Waals surface area (Å²) in [4.78, 5) is 0. The molecule has 0 aromatic carbocycles. The van der Waals surface area contributed by atoms with Crippen molar-refractivity contribution < 1.29 is 0 Å². The fraction of sp³-hybridized carbons (Fsp3) is 1.00. The van der Waals surface area contributed by atoms with Crippen molar-refractivity contribution in [2.75, 3.05) is 0 Å². The van der Waals surface area contributed by atoms with E-state index in [4.69, 9.17) is 0 Å². The molecule has 0 amide bonds. The van der Waals surface area contributed by atoms with Crippen molar-refractivity contribution in [3.05, 3.63) is 0 Å². The molecule has 0 nitrogen and oxygen atoms in total. The highest BCUT2D eigenvalue weighted by Crippen LogP contribution is 2.48. The topological polar surface area (TPSA) is 0 Å². The quantitative estimate of drug-likeness (QED) is 0.610. The molecule has 0 aromatic rings. The van der Waals surface area contributed by atoms with Crippen LogP contribution in [0, 0.1) is 23.7 Å². The van der Waals surface area contributed by atoms with Gasteiger partial charge >= 0.3 is 0 Å². The largest absolute Gasteiger partial charge is 0.0533 e. The molecule has 0 aliphatic heterocycles. The lowest BCUT2D eigenvalue weighted by Gasteiger charge is -2.36. The first-order chi connectivity index (χ1) is 7.43. The van der Waals surface area contributed by atoms with Gasteiger partial charge in [-0.3, -0.25) is 0 Å². The monoisotopic (exact) mass is 206 g/mol. The summed E-state index contributed by atoms with van der Waals surface area (Å²) in [5.41, 5.74) is 0. The third-order valence-corrected chi connectivity index (χ3v) is 5.36. The summed E-state index contributed by atoms with van der Waals surface area (Å²) < 4.78 is 0. The molecule has 3 rings (SSSR count). The van der Waals surface area contributed by atoms with Crippen molar-refractivity contribution in [2.45, 2.75) is 70.6 Å². The van der Waals surface area contributed by atoms with Gasteiger partial charge in [0, 0.05) is 0 Å². The molecule has 0 heterocycles. The van der Waals surface area contributed by atoms with E-state index in [1.54, 1.807) is 51.4 Å².